The molecular weight excluding hydrogens is 504 g/mol. The number of nitrogens with zero attached hydrogens (tertiary/aromatic N) is 4. The predicted molar refractivity (Wildman–Crippen MR) is 150 cm³/mol. The first-order valence-corrected chi connectivity index (χ1v) is 12.5. The van der Waals surface area contributed by atoms with Gasteiger partial charge >= 0.3 is 0 Å². The summed E-state index contributed by atoms with van der Waals surface area (Å²) in [5.41, 5.74) is 8.85. The number of ether oxygens (including phenoxy) is 1. The summed E-state index contributed by atoms with van der Waals surface area (Å²) < 4.78 is 7.36. The first kappa shape index (κ1) is 26.9. The summed E-state index contributed by atoms with van der Waals surface area (Å²) in [7, 11) is 3.31. The molecule has 0 aliphatic rings. The maximum absolute atomic E-state index is 13.6. The fraction of sp³-hybridized carbons (Fsp3) is 0.259. The molecule has 0 radical (unpaired) electrons. The number of hydrazine groups is 1. The fourth-order valence-corrected chi connectivity index (χ4v) is 4.46. The Labute approximate surface area is 226 Å². The van der Waals surface area contributed by atoms with Gasteiger partial charge in [-0.05, 0) is 54.8 Å². The molecule has 0 bridgehead atoms. The Morgan fingerprint density at radius 3 is 2.68 bits per heavy atom. The summed E-state index contributed by atoms with van der Waals surface area (Å²) in [6, 6.07) is 16.2. The van der Waals surface area contributed by atoms with Gasteiger partial charge in [0.1, 0.15) is 5.75 Å². The largest absolute Gasteiger partial charge is 0.496 e. The molecule has 0 spiro atoms. The molecular formula is C27H31ClN8O2. The van der Waals surface area contributed by atoms with Crippen molar-refractivity contribution in [2.24, 2.45) is 16.9 Å². The van der Waals surface area contributed by atoms with E-state index in [4.69, 9.17) is 27.3 Å². The highest BCUT2D eigenvalue weighted by molar-refractivity contribution is 6.31. The van der Waals surface area contributed by atoms with Gasteiger partial charge in [0, 0.05) is 29.2 Å². The van der Waals surface area contributed by atoms with Crippen LogP contribution in [0, 0.1) is 5.92 Å². The second kappa shape index (κ2) is 11.9. The molecule has 0 aliphatic heterocycles. The van der Waals surface area contributed by atoms with Crippen molar-refractivity contribution in [2.75, 3.05) is 14.2 Å². The van der Waals surface area contributed by atoms with Crippen molar-refractivity contribution in [3.05, 3.63) is 71.5 Å². The fourth-order valence-electron chi connectivity index (χ4n) is 4.29. The molecule has 5 N–H and O–H groups in total. The number of pyridine rings is 1. The predicted octanol–water partition coefficient (Wildman–Crippen LogP) is 3.89. The number of para-hydroxylation sites is 1. The molecule has 1 atom stereocenters. The van der Waals surface area contributed by atoms with E-state index in [1.54, 1.807) is 43.2 Å². The average Bonchev–Trinajstić information content (AvgIpc) is 3.35. The number of rotatable bonds is 9. The molecule has 0 saturated heterocycles. The quantitative estimate of drug-likeness (QED) is 0.111. The first-order chi connectivity index (χ1) is 18.4. The number of nitrogens with two attached hydrogens (primary N) is 1. The molecule has 0 aliphatic carbocycles. The number of hydrazone groups is 1. The zero-order valence-electron chi connectivity index (χ0n) is 21.7. The van der Waals surface area contributed by atoms with E-state index in [1.807, 2.05) is 36.4 Å². The van der Waals surface area contributed by atoms with Crippen LogP contribution in [0.15, 0.2) is 65.9 Å². The maximum Gasteiger partial charge on any atom is 0.272 e. The lowest BCUT2D eigenvalue weighted by Gasteiger charge is -2.22. The van der Waals surface area contributed by atoms with Crippen LogP contribution in [-0.4, -0.2) is 46.7 Å². The molecule has 0 saturated carbocycles. The van der Waals surface area contributed by atoms with Crippen LogP contribution in [0.2, 0.25) is 5.02 Å². The molecule has 10 nitrogen and oxygen atoms in total. The van der Waals surface area contributed by atoms with Gasteiger partial charge in [-0.1, -0.05) is 37.6 Å². The van der Waals surface area contributed by atoms with Crippen molar-refractivity contribution in [1.29, 1.82) is 0 Å². The van der Waals surface area contributed by atoms with Crippen LogP contribution in [0.1, 0.15) is 30.8 Å². The molecule has 38 heavy (non-hydrogen) atoms. The summed E-state index contributed by atoms with van der Waals surface area (Å²) in [6.07, 6.45) is 2.31. The third-order valence-electron chi connectivity index (χ3n) is 5.97. The summed E-state index contributed by atoms with van der Waals surface area (Å²) in [5, 5.41) is 13.0. The third kappa shape index (κ3) is 5.71. The first-order valence-electron chi connectivity index (χ1n) is 12.2. The van der Waals surface area contributed by atoms with Gasteiger partial charge in [0.05, 0.1) is 30.0 Å². The van der Waals surface area contributed by atoms with Crippen molar-refractivity contribution in [3.8, 4) is 22.7 Å². The van der Waals surface area contributed by atoms with E-state index in [2.05, 4.69) is 40.1 Å². The molecule has 1 amide bonds. The standard InChI is InChI=1S/C27H31ClN8O2/c1-16(2)13-21(26(33-29)34-30-3)32-27(37)22-15-24(19-7-5-6-8-25(19)38-4)36(35-22)23-11-12-31-20-14-17(28)9-10-18(20)23/h5-12,14-16,21,30H,13,29H2,1-4H3,(H,32,37)(H,33,34)/t21-/m0/s1. The van der Waals surface area contributed by atoms with Gasteiger partial charge in [-0.2, -0.15) is 10.2 Å². The zero-order chi connectivity index (χ0) is 27.2. The van der Waals surface area contributed by atoms with Gasteiger partial charge in [-0.15, -0.1) is 0 Å². The number of amides is 1. The average molecular weight is 535 g/mol. The normalized spacial score (nSPS) is 12.5. The number of hydrogen-bond acceptors (Lipinski definition) is 7. The summed E-state index contributed by atoms with van der Waals surface area (Å²) in [6.45, 7) is 4.12. The zero-order valence-corrected chi connectivity index (χ0v) is 22.5. The van der Waals surface area contributed by atoms with E-state index < -0.39 is 6.04 Å². The second-order valence-electron chi connectivity index (χ2n) is 9.06. The van der Waals surface area contributed by atoms with Crippen LogP contribution < -0.4 is 26.7 Å². The van der Waals surface area contributed by atoms with Crippen molar-refractivity contribution in [2.45, 2.75) is 26.3 Å². The van der Waals surface area contributed by atoms with E-state index >= 15 is 0 Å². The van der Waals surface area contributed by atoms with Gasteiger partial charge in [-0.25, -0.2) is 10.1 Å². The van der Waals surface area contributed by atoms with E-state index in [-0.39, 0.29) is 17.5 Å². The van der Waals surface area contributed by atoms with Gasteiger partial charge in [0.25, 0.3) is 5.91 Å². The number of halogens is 1. The lowest BCUT2D eigenvalue weighted by atomic mass is 10.0. The van der Waals surface area contributed by atoms with E-state index in [0.717, 1.165) is 16.6 Å². The number of hydrogen-bond donors (Lipinski definition) is 4. The Kier molecular flexibility index (Phi) is 8.45. The second-order valence-corrected chi connectivity index (χ2v) is 9.50. The topological polar surface area (TPSA) is 131 Å². The maximum atomic E-state index is 13.6. The van der Waals surface area contributed by atoms with Crippen LogP contribution >= 0.6 is 11.6 Å². The number of carbonyl (C=O) groups excluding carboxylic acids is 1. The molecule has 11 heteroatoms. The molecule has 2 aromatic heterocycles. The van der Waals surface area contributed by atoms with Crippen LogP contribution in [-0.2, 0) is 0 Å². The van der Waals surface area contributed by atoms with E-state index in [1.165, 1.54) is 0 Å². The number of carbonyl (C=O) groups is 1. The Hall–Kier alpha value is -4.15. The number of nitrogens with one attached hydrogen (secondary N) is 3. The summed E-state index contributed by atoms with van der Waals surface area (Å²) >= 11 is 6.21. The third-order valence-corrected chi connectivity index (χ3v) is 6.20. The van der Waals surface area contributed by atoms with Gasteiger partial charge < -0.3 is 21.3 Å². The van der Waals surface area contributed by atoms with Crippen molar-refractivity contribution in [3.63, 3.8) is 0 Å². The summed E-state index contributed by atoms with van der Waals surface area (Å²) in [4.78, 5) is 18.0. The Balaban J connectivity index is 1.84. The van der Waals surface area contributed by atoms with Gasteiger partial charge in [-0.3, -0.25) is 9.78 Å². The van der Waals surface area contributed by atoms with Crippen molar-refractivity contribution >= 4 is 34.2 Å². The number of methoxy groups -OCH3 is 1. The Morgan fingerprint density at radius 2 is 1.97 bits per heavy atom. The van der Waals surface area contributed by atoms with Crippen molar-refractivity contribution in [1.82, 2.24) is 30.9 Å². The van der Waals surface area contributed by atoms with Crippen LogP contribution in [0.5, 0.6) is 5.75 Å². The van der Waals surface area contributed by atoms with Gasteiger partial charge in [0.15, 0.2) is 11.5 Å². The minimum Gasteiger partial charge on any atom is -0.496 e. The molecule has 2 aromatic carbocycles. The number of amidine groups is 1. The Bertz CT molecular complexity index is 1470. The SMILES string of the molecule is CNNC(=NN)[C@H](CC(C)C)NC(=O)c1cc(-c2ccccc2OC)n(-c2ccnc3cc(Cl)ccc23)n1. The highest BCUT2D eigenvalue weighted by Gasteiger charge is 2.25. The Morgan fingerprint density at radius 1 is 1.18 bits per heavy atom. The van der Waals surface area contributed by atoms with Crippen LogP contribution in [0.4, 0.5) is 0 Å². The highest BCUT2D eigenvalue weighted by atomic mass is 35.5. The van der Waals surface area contributed by atoms with Crippen LogP contribution in [0.3, 0.4) is 0 Å². The molecule has 4 rings (SSSR count). The molecule has 2 heterocycles. The lowest BCUT2D eigenvalue weighted by molar-refractivity contribution is 0.0937. The monoisotopic (exact) mass is 534 g/mol. The van der Waals surface area contributed by atoms with E-state index in [0.29, 0.717) is 34.2 Å². The minimum absolute atomic E-state index is 0.222. The molecule has 4 aromatic rings. The molecule has 0 unspecified atom stereocenters. The number of aromatic nitrogens is 3. The molecule has 198 valence electrons. The summed E-state index contributed by atoms with van der Waals surface area (Å²) in [5.74, 6) is 6.57. The number of benzene rings is 2. The lowest BCUT2D eigenvalue weighted by Crippen LogP contribution is -2.51. The van der Waals surface area contributed by atoms with Crippen LogP contribution in [0.25, 0.3) is 27.8 Å². The van der Waals surface area contributed by atoms with Crippen molar-refractivity contribution < 1.29 is 9.53 Å². The van der Waals surface area contributed by atoms with Gasteiger partial charge in [0.2, 0.25) is 0 Å². The smallest absolute Gasteiger partial charge is 0.272 e. The minimum atomic E-state index is -0.455. The van der Waals surface area contributed by atoms with E-state index in [9.17, 15) is 4.79 Å². The number of fused-ring (bicyclic) bond motifs is 1. The molecule has 0 fully saturated rings. The highest BCUT2D eigenvalue weighted by Crippen LogP contribution is 2.34.